The van der Waals surface area contributed by atoms with E-state index in [1.807, 2.05) is 13.0 Å². The zero-order chi connectivity index (χ0) is 17.6. The Morgan fingerprint density at radius 3 is 2.72 bits per heavy atom. The van der Waals surface area contributed by atoms with E-state index < -0.39 is 0 Å². The van der Waals surface area contributed by atoms with Crippen molar-refractivity contribution in [1.29, 1.82) is 0 Å². The monoisotopic (exact) mass is 340 g/mol. The number of anilines is 1. The second kappa shape index (κ2) is 5.96. The molecule has 130 valence electrons. The van der Waals surface area contributed by atoms with Crippen molar-refractivity contribution in [1.82, 2.24) is 24.7 Å². The lowest BCUT2D eigenvalue weighted by molar-refractivity contribution is 0.111. The summed E-state index contributed by atoms with van der Waals surface area (Å²) in [5.41, 5.74) is 8.30. The molecule has 0 spiro atoms. The van der Waals surface area contributed by atoms with E-state index in [1.165, 1.54) is 0 Å². The number of aromatic amines is 1. The second-order valence-electron chi connectivity index (χ2n) is 6.59. The van der Waals surface area contributed by atoms with E-state index in [2.05, 4.69) is 20.2 Å². The molecule has 1 aliphatic carbocycles. The average molecular weight is 340 g/mol. The van der Waals surface area contributed by atoms with Gasteiger partial charge in [0, 0.05) is 23.2 Å². The fraction of sp³-hybridized carbons (Fsp3) is 0.412. The summed E-state index contributed by atoms with van der Waals surface area (Å²) in [5, 5.41) is 17.3. The molecule has 4 rings (SSSR count). The Kier molecular flexibility index (Phi) is 3.76. The van der Waals surface area contributed by atoms with E-state index >= 15 is 0 Å². The Labute approximate surface area is 143 Å². The van der Waals surface area contributed by atoms with Gasteiger partial charge in [-0.3, -0.25) is 14.5 Å². The SMILES string of the molecule is Cc1nc(N)nc2c1cc(-c1cn[nH]c1)c(=O)n2C1CCC(O)CC1. The number of nitrogen functional groups attached to an aromatic ring is 1. The maximum Gasteiger partial charge on any atom is 0.260 e. The van der Waals surface area contributed by atoms with Gasteiger partial charge in [0.25, 0.3) is 5.56 Å². The molecule has 25 heavy (non-hydrogen) atoms. The van der Waals surface area contributed by atoms with Gasteiger partial charge in [0.15, 0.2) is 0 Å². The van der Waals surface area contributed by atoms with Gasteiger partial charge in [0.1, 0.15) is 5.65 Å². The van der Waals surface area contributed by atoms with Crippen molar-refractivity contribution in [3.63, 3.8) is 0 Å². The molecule has 0 amide bonds. The zero-order valence-corrected chi connectivity index (χ0v) is 13.9. The van der Waals surface area contributed by atoms with Gasteiger partial charge >= 0.3 is 0 Å². The van der Waals surface area contributed by atoms with E-state index in [-0.39, 0.29) is 23.7 Å². The second-order valence-corrected chi connectivity index (χ2v) is 6.59. The summed E-state index contributed by atoms with van der Waals surface area (Å²) >= 11 is 0. The molecule has 3 aromatic rings. The first-order valence-corrected chi connectivity index (χ1v) is 8.41. The number of nitrogens with one attached hydrogen (secondary N) is 1. The summed E-state index contributed by atoms with van der Waals surface area (Å²) in [7, 11) is 0. The fourth-order valence-corrected chi connectivity index (χ4v) is 3.63. The third-order valence-electron chi connectivity index (χ3n) is 4.94. The van der Waals surface area contributed by atoms with Gasteiger partial charge in [-0.2, -0.15) is 10.1 Å². The van der Waals surface area contributed by atoms with Crippen molar-refractivity contribution >= 4 is 17.0 Å². The number of fused-ring (bicyclic) bond motifs is 1. The van der Waals surface area contributed by atoms with Crippen LogP contribution in [0, 0.1) is 6.92 Å². The molecule has 0 aromatic carbocycles. The number of H-pyrrole nitrogens is 1. The molecule has 0 unspecified atom stereocenters. The summed E-state index contributed by atoms with van der Waals surface area (Å²) in [6, 6.07) is 1.80. The smallest absolute Gasteiger partial charge is 0.260 e. The Bertz CT molecular complexity index is 971. The number of aryl methyl sites for hydroxylation is 1. The lowest BCUT2D eigenvalue weighted by atomic mass is 9.92. The first kappa shape index (κ1) is 15.8. The van der Waals surface area contributed by atoms with Crippen LogP contribution in [0.5, 0.6) is 0 Å². The maximum absolute atomic E-state index is 13.2. The number of pyridine rings is 1. The van der Waals surface area contributed by atoms with Crippen LogP contribution < -0.4 is 11.3 Å². The summed E-state index contributed by atoms with van der Waals surface area (Å²) < 4.78 is 1.73. The van der Waals surface area contributed by atoms with Gasteiger partial charge in [-0.1, -0.05) is 0 Å². The van der Waals surface area contributed by atoms with Crippen molar-refractivity contribution in [3.8, 4) is 11.1 Å². The first-order valence-electron chi connectivity index (χ1n) is 8.41. The van der Waals surface area contributed by atoms with E-state index in [0.717, 1.165) is 29.5 Å². The molecular weight excluding hydrogens is 320 g/mol. The molecule has 0 atom stereocenters. The summed E-state index contributed by atoms with van der Waals surface area (Å²) in [5.74, 6) is 0.157. The van der Waals surface area contributed by atoms with Crippen molar-refractivity contribution in [2.45, 2.75) is 44.8 Å². The van der Waals surface area contributed by atoms with Crippen molar-refractivity contribution in [3.05, 3.63) is 34.5 Å². The molecule has 8 heteroatoms. The largest absolute Gasteiger partial charge is 0.393 e. The van der Waals surface area contributed by atoms with Crippen molar-refractivity contribution in [2.24, 2.45) is 0 Å². The molecule has 3 aromatic heterocycles. The van der Waals surface area contributed by atoms with Crippen LogP contribution in [0.1, 0.15) is 37.4 Å². The number of hydrogen-bond acceptors (Lipinski definition) is 6. The Hall–Kier alpha value is -2.74. The number of hydrogen-bond donors (Lipinski definition) is 3. The van der Waals surface area contributed by atoms with Gasteiger partial charge in [-0.25, -0.2) is 4.98 Å². The number of aliphatic hydroxyl groups excluding tert-OH is 1. The van der Waals surface area contributed by atoms with E-state index in [0.29, 0.717) is 24.1 Å². The molecular formula is C17H20N6O2. The summed E-state index contributed by atoms with van der Waals surface area (Å²) in [6.07, 6.45) is 5.84. The van der Waals surface area contributed by atoms with Crippen molar-refractivity contribution < 1.29 is 5.11 Å². The maximum atomic E-state index is 13.2. The fourth-order valence-electron chi connectivity index (χ4n) is 3.63. The minimum absolute atomic E-state index is 0.0149. The van der Waals surface area contributed by atoms with Gasteiger partial charge in [-0.05, 0) is 38.7 Å². The molecule has 0 aliphatic heterocycles. The molecule has 0 radical (unpaired) electrons. The molecule has 1 fully saturated rings. The van der Waals surface area contributed by atoms with Crippen LogP contribution in [-0.2, 0) is 0 Å². The lowest BCUT2D eigenvalue weighted by Crippen LogP contribution is -2.31. The predicted octanol–water partition coefficient (Wildman–Crippen LogP) is 1.55. The van der Waals surface area contributed by atoms with Crippen LogP contribution in [0.2, 0.25) is 0 Å². The van der Waals surface area contributed by atoms with Crippen LogP contribution in [0.4, 0.5) is 5.95 Å². The van der Waals surface area contributed by atoms with E-state index in [9.17, 15) is 9.90 Å². The summed E-state index contributed by atoms with van der Waals surface area (Å²) in [4.78, 5) is 21.8. The van der Waals surface area contributed by atoms with Crippen LogP contribution in [-0.4, -0.2) is 35.9 Å². The lowest BCUT2D eigenvalue weighted by Gasteiger charge is -2.28. The molecule has 0 saturated heterocycles. The van der Waals surface area contributed by atoms with Crippen LogP contribution >= 0.6 is 0 Å². The predicted molar refractivity (Wildman–Crippen MR) is 94.0 cm³/mol. The van der Waals surface area contributed by atoms with Crippen molar-refractivity contribution in [2.75, 3.05) is 5.73 Å². The highest BCUT2D eigenvalue weighted by Crippen LogP contribution is 2.31. The molecule has 3 heterocycles. The highest BCUT2D eigenvalue weighted by Gasteiger charge is 2.25. The topological polar surface area (TPSA) is 123 Å². The van der Waals surface area contributed by atoms with Crippen LogP contribution in [0.15, 0.2) is 23.3 Å². The quantitative estimate of drug-likeness (QED) is 0.650. The Morgan fingerprint density at radius 1 is 1.28 bits per heavy atom. The molecule has 4 N–H and O–H groups in total. The molecule has 1 saturated carbocycles. The third-order valence-corrected chi connectivity index (χ3v) is 4.94. The molecule has 1 aliphatic rings. The zero-order valence-electron chi connectivity index (χ0n) is 13.9. The average Bonchev–Trinajstić information content (AvgIpc) is 3.10. The Morgan fingerprint density at radius 2 is 2.04 bits per heavy atom. The van der Waals surface area contributed by atoms with Crippen LogP contribution in [0.3, 0.4) is 0 Å². The third kappa shape index (κ3) is 2.68. The number of rotatable bonds is 2. The van der Waals surface area contributed by atoms with E-state index in [4.69, 9.17) is 5.73 Å². The minimum Gasteiger partial charge on any atom is -0.393 e. The molecule has 0 bridgehead atoms. The van der Waals surface area contributed by atoms with Crippen LogP contribution in [0.25, 0.3) is 22.2 Å². The highest BCUT2D eigenvalue weighted by molar-refractivity contribution is 5.83. The number of aliphatic hydroxyl groups is 1. The normalized spacial score (nSPS) is 20.9. The number of aromatic nitrogens is 5. The van der Waals surface area contributed by atoms with Gasteiger partial charge in [0.2, 0.25) is 5.95 Å². The molecule has 8 nitrogen and oxygen atoms in total. The standard InChI is InChI=1S/C17H20N6O2/c1-9-13-6-14(10-7-19-20-8-10)16(25)23(15(13)22-17(18)21-9)11-2-4-12(24)5-3-11/h6-8,11-12,24H,2-5H2,1H3,(H,19,20)(H2,18,21,22). The number of nitrogens with two attached hydrogens (primary N) is 1. The van der Waals surface area contributed by atoms with E-state index in [1.54, 1.807) is 17.0 Å². The first-order chi connectivity index (χ1) is 12.0. The summed E-state index contributed by atoms with van der Waals surface area (Å²) in [6.45, 7) is 1.86. The highest BCUT2D eigenvalue weighted by atomic mass is 16.3. The van der Waals surface area contributed by atoms with Gasteiger partial charge in [-0.15, -0.1) is 0 Å². The Balaban J connectivity index is 2.01. The number of nitrogens with zero attached hydrogens (tertiary/aromatic N) is 4. The van der Waals surface area contributed by atoms with Gasteiger partial charge in [0.05, 0.1) is 23.6 Å². The van der Waals surface area contributed by atoms with Gasteiger partial charge < -0.3 is 10.8 Å². The minimum atomic E-state index is -0.295.